The van der Waals surface area contributed by atoms with Gasteiger partial charge in [-0.1, -0.05) is 12.1 Å². The fourth-order valence-electron chi connectivity index (χ4n) is 1.11. The van der Waals surface area contributed by atoms with Gasteiger partial charge in [0.15, 0.2) is 5.75 Å². The van der Waals surface area contributed by atoms with Gasteiger partial charge in [0.05, 0.1) is 0 Å². The Kier molecular flexibility index (Phi) is 1.49. The van der Waals surface area contributed by atoms with Gasteiger partial charge < -0.3 is 5.11 Å². The number of fused-ring (bicyclic) bond motifs is 1. The lowest BCUT2D eigenvalue weighted by atomic mass is 10.2. The third-order valence-electron chi connectivity index (χ3n) is 1.67. The van der Waals surface area contributed by atoms with E-state index in [-0.39, 0.29) is 5.75 Å². The molecular formula is C9H5NOS. The van der Waals surface area contributed by atoms with Crippen molar-refractivity contribution < 1.29 is 5.11 Å². The SMILES string of the molecule is N#Cc1sc2ccccc2c1O. The van der Waals surface area contributed by atoms with E-state index in [9.17, 15) is 5.11 Å². The average Bonchev–Trinajstić information content (AvgIpc) is 2.44. The van der Waals surface area contributed by atoms with Crippen molar-refractivity contribution in [3.8, 4) is 11.8 Å². The molecule has 2 nitrogen and oxygen atoms in total. The molecule has 0 spiro atoms. The summed E-state index contributed by atoms with van der Waals surface area (Å²) in [5.74, 6) is 0.109. The van der Waals surface area contributed by atoms with Crippen LogP contribution in [0.3, 0.4) is 0 Å². The molecule has 0 saturated heterocycles. The number of aromatic hydroxyl groups is 1. The molecule has 0 atom stereocenters. The summed E-state index contributed by atoms with van der Waals surface area (Å²) in [5, 5.41) is 18.9. The first-order chi connectivity index (χ1) is 5.83. The van der Waals surface area contributed by atoms with Crippen LogP contribution in [0.1, 0.15) is 4.88 Å². The molecule has 0 aliphatic heterocycles. The van der Waals surface area contributed by atoms with Crippen molar-refractivity contribution in [3.05, 3.63) is 29.1 Å². The van der Waals surface area contributed by atoms with Gasteiger partial charge in [-0.2, -0.15) is 5.26 Å². The molecule has 2 rings (SSSR count). The Balaban J connectivity index is 2.90. The van der Waals surface area contributed by atoms with Crippen molar-refractivity contribution in [2.24, 2.45) is 0 Å². The Morgan fingerprint density at radius 1 is 1.33 bits per heavy atom. The summed E-state index contributed by atoms with van der Waals surface area (Å²) in [6.07, 6.45) is 0. The molecule has 3 heteroatoms. The van der Waals surface area contributed by atoms with Crippen LogP contribution in [0, 0.1) is 11.3 Å². The second-order valence-corrected chi connectivity index (χ2v) is 3.44. The highest BCUT2D eigenvalue weighted by molar-refractivity contribution is 7.20. The minimum Gasteiger partial charge on any atom is -0.505 e. The minimum absolute atomic E-state index is 0.109. The number of nitriles is 1. The van der Waals surface area contributed by atoms with Gasteiger partial charge in [0.1, 0.15) is 10.9 Å². The Bertz CT molecular complexity index is 467. The first kappa shape index (κ1) is 7.14. The molecule has 0 aliphatic carbocycles. The molecule has 0 radical (unpaired) electrons. The highest BCUT2D eigenvalue weighted by Crippen LogP contribution is 2.35. The van der Waals surface area contributed by atoms with Crippen molar-refractivity contribution in [3.63, 3.8) is 0 Å². The van der Waals surface area contributed by atoms with Crippen molar-refractivity contribution in [1.82, 2.24) is 0 Å². The van der Waals surface area contributed by atoms with Crippen LogP contribution in [0.15, 0.2) is 24.3 Å². The van der Waals surface area contributed by atoms with Crippen LogP contribution in [0.25, 0.3) is 10.1 Å². The number of thiophene rings is 1. The van der Waals surface area contributed by atoms with Crippen LogP contribution in [0.5, 0.6) is 5.75 Å². The van der Waals surface area contributed by atoms with Gasteiger partial charge in [-0.15, -0.1) is 11.3 Å². The van der Waals surface area contributed by atoms with E-state index in [4.69, 9.17) is 5.26 Å². The van der Waals surface area contributed by atoms with E-state index in [0.717, 1.165) is 10.1 Å². The standard InChI is InChI=1S/C9H5NOS/c10-5-8-9(11)6-3-1-2-4-7(6)12-8/h1-4,11H. The smallest absolute Gasteiger partial charge is 0.152 e. The maximum Gasteiger partial charge on any atom is 0.152 e. The number of hydrogen-bond acceptors (Lipinski definition) is 3. The summed E-state index contributed by atoms with van der Waals surface area (Å²) in [6, 6.07) is 9.38. The van der Waals surface area contributed by atoms with Crippen LogP contribution in [-0.2, 0) is 0 Å². The van der Waals surface area contributed by atoms with E-state index in [0.29, 0.717) is 4.88 Å². The highest BCUT2D eigenvalue weighted by atomic mass is 32.1. The summed E-state index contributed by atoms with van der Waals surface area (Å²) >= 11 is 1.31. The molecule has 0 bridgehead atoms. The van der Waals surface area contributed by atoms with Crippen LogP contribution >= 0.6 is 11.3 Å². The maximum absolute atomic E-state index is 9.48. The zero-order valence-electron chi connectivity index (χ0n) is 6.11. The van der Waals surface area contributed by atoms with E-state index in [1.807, 2.05) is 30.3 Å². The predicted octanol–water partition coefficient (Wildman–Crippen LogP) is 2.48. The van der Waals surface area contributed by atoms with E-state index in [2.05, 4.69) is 0 Å². The van der Waals surface area contributed by atoms with Crippen molar-refractivity contribution in [1.29, 1.82) is 5.26 Å². The van der Waals surface area contributed by atoms with E-state index >= 15 is 0 Å². The molecule has 58 valence electrons. The normalized spacial score (nSPS) is 9.92. The van der Waals surface area contributed by atoms with Gasteiger partial charge in [0.2, 0.25) is 0 Å². The molecule has 0 unspecified atom stereocenters. The molecule has 1 N–H and O–H groups in total. The quantitative estimate of drug-likeness (QED) is 0.668. The maximum atomic E-state index is 9.48. The van der Waals surface area contributed by atoms with Gasteiger partial charge in [-0.25, -0.2) is 0 Å². The summed E-state index contributed by atoms with van der Waals surface area (Å²) < 4.78 is 0.951. The highest BCUT2D eigenvalue weighted by Gasteiger charge is 2.08. The Labute approximate surface area is 73.3 Å². The predicted molar refractivity (Wildman–Crippen MR) is 48.2 cm³/mol. The molecule has 0 saturated carbocycles. The molecule has 12 heavy (non-hydrogen) atoms. The molecule has 0 aliphatic rings. The summed E-state index contributed by atoms with van der Waals surface area (Å²) in [5.41, 5.74) is 0. The van der Waals surface area contributed by atoms with Crippen LogP contribution in [0.4, 0.5) is 0 Å². The molecule has 0 amide bonds. The third kappa shape index (κ3) is 0.858. The van der Waals surface area contributed by atoms with E-state index < -0.39 is 0 Å². The minimum atomic E-state index is 0.109. The monoisotopic (exact) mass is 175 g/mol. The fourth-order valence-corrected chi connectivity index (χ4v) is 2.00. The second-order valence-electron chi connectivity index (χ2n) is 2.39. The van der Waals surface area contributed by atoms with Crippen molar-refractivity contribution >= 4 is 21.4 Å². The average molecular weight is 175 g/mol. The first-order valence-electron chi connectivity index (χ1n) is 3.43. The summed E-state index contributed by atoms with van der Waals surface area (Å²) in [6.45, 7) is 0. The zero-order chi connectivity index (χ0) is 8.55. The Hall–Kier alpha value is -1.53. The van der Waals surface area contributed by atoms with Crippen molar-refractivity contribution in [2.45, 2.75) is 0 Å². The van der Waals surface area contributed by atoms with E-state index in [1.165, 1.54) is 11.3 Å². The summed E-state index contributed by atoms with van der Waals surface area (Å²) in [4.78, 5) is 0.385. The number of rotatable bonds is 0. The molecule has 2 aromatic rings. The molecule has 1 heterocycles. The lowest BCUT2D eigenvalue weighted by Gasteiger charge is -1.86. The van der Waals surface area contributed by atoms with Gasteiger partial charge in [-0.3, -0.25) is 0 Å². The van der Waals surface area contributed by atoms with Gasteiger partial charge in [0, 0.05) is 10.1 Å². The summed E-state index contributed by atoms with van der Waals surface area (Å²) in [7, 11) is 0. The van der Waals surface area contributed by atoms with Gasteiger partial charge in [0.25, 0.3) is 0 Å². The second kappa shape index (κ2) is 2.50. The first-order valence-corrected chi connectivity index (χ1v) is 4.25. The van der Waals surface area contributed by atoms with Crippen molar-refractivity contribution in [2.75, 3.05) is 0 Å². The lowest BCUT2D eigenvalue weighted by Crippen LogP contribution is -1.63. The molecular weight excluding hydrogens is 170 g/mol. The topological polar surface area (TPSA) is 44.0 Å². The Morgan fingerprint density at radius 3 is 2.75 bits per heavy atom. The van der Waals surface area contributed by atoms with Gasteiger partial charge in [-0.05, 0) is 12.1 Å². The fraction of sp³-hybridized carbons (Fsp3) is 0. The Morgan fingerprint density at radius 2 is 2.08 bits per heavy atom. The third-order valence-corrected chi connectivity index (χ3v) is 2.74. The van der Waals surface area contributed by atoms with Crippen LogP contribution in [0.2, 0.25) is 0 Å². The molecule has 1 aromatic carbocycles. The number of hydrogen-bond donors (Lipinski definition) is 1. The van der Waals surface area contributed by atoms with Crippen LogP contribution < -0.4 is 0 Å². The lowest BCUT2D eigenvalue weighted by molar-refractivity contribution is 0.482. The van der Waals surface area contributed by atoms with E-state index in [1.54, 1.807) is 0 Å². The number of nitrogens with zero attached hydrogens (tertiary/aromatic N) is 1. The largest absolute Gasteiger partial charge is 0.505 e. The van der Waals surface area contributed by atoms with Crippen LogP contribution in [-0.4, -0.2) is 5.11 Å². The molecule has 0 fully saturated rings. The van der Waals surface area contributed by atoms with Gasteiger partial charge >= 0.3 is 0 Å². The number of benzene rings is 1. The molecule has 1 aromatic heterocycles. The zero-order valence-corrected chi connectivity index (χ0v) is 6.93.